The van der Waals surface area contributed by atoms with E-state index in [9.17, 15) is 9.59 Å². The van der Waals surface area contributed by atoms with Gasteiger partial charge in [0.05, 0.1) is 7.11 Å². The predicted octanol–water partition coefficient (Wildman–Crippen LogP) is 3.14. The molecule has 1 aromatic carbocycles. The van der Waals surface area contributed by atoms with E-state index in [1.165, 1.54) is 18.4 Å². The van der Waals surface area contributed by atoms with Crippen LogP contribution in [0.3, 0.4) is 0 Å². The Bertz CT molecular complexity index is 686. The lowest BCUT2D eigenvalue weighted by Crippen LogP contribution is -2.31. The van der Waals surface area contributed by atoms with Crippen molar-refractivity contribution in [3.05, 3.63) is 28.8 Å². The number of ether oxygens (including phenoxy) is 1. The smallest absolute Gasteiger partial charge is 0.220 e. The van der Waals surface area contributed by atoms with E-state index in [-0.39, 0.29) is 24.5 Å². The van der Waals surface area contributed by atoms with Crippen molar-refractivity contribution in [3.8, 4) is 5.75 Å². The molecule has 1 unspecified atom stereocenters. The molecule has 1 N–H and O–H groups in total. The van der Waals surface area contributed by atoms with Crippen LogP contribution in [-0.4, -0.2) is 49.9 Å². The molecule has 0 spiro atoms. The van der Waals surface area contributed by atoms with Crippen molar-refractivity contribution in [2.75, 3.05) is 27.2 Å². The fourth-order valence-corrected chi connectivity index (χ4v) is 4.46. The quantitative estimate of drug-likeness (QED) is 0.712. The van der Waals surface area contributed by atoms with Crippen molar-refractivity contribution in [1.29, 1.82) is 0 Å². The zero-order valence-corrected chi connectivity index (χ0v) is 16.7. The number of methoxy groups -OCH3 is 1. The Morgan fingerprint density at radius 3 is 2.63 bits per heavy atom. The minimum absolute atomic E-state index is 0.0219. The first kappa shape index (κ1) is 19.9. The first-order valence-electron chi connectivity index (χ1n) is 10.3. The zero-order chi connectivity index (χ0) is 19.2. The number of Topliss-reactive ketones (excluding diaryl/α,β-unsaturated/α-hetero) is 1. The molecule has 148 valence electrons. The number of rotatable bonds is 8. The molecule has 0 radical (unpaired) electrons. The Morgan fingerprint density at radius 1 is 1.15 bits per heavy atom. The molecule has 1 fully saturated rings. The topological polar surface area (TPSA) is 58.6 Å². The number of nitrogens with zero attached hydrogens (tertiary/aromatic N) is 1. The highest BCUT2D eigenvalue weighted by molar-refractivity contribution is 5.99. The number of carbonyl (C=O) groups excluding carboxylic acids is 2. The first-order valence-corrected chi connectivity index (χ1v) is 10.3. The molecule has 1 atom stereocenters. The van der Waals surface area contributed by atoms with Gasteiger partial charge in [0.25, 0.3) is 0 Å². The van der Waals surface area contributed by atoms with Gasteiger partial charge in [0.1, 0.15) is 5.75 Å². The van der Waals surface area contributed by atoms with Gasteiger partial charge < -0.3 is 15.0 Å². The minimum atomic E-state index is -0.0219. The Kier molecular flexibility index (Phi) is 6.89. The summed E-state index contributed by atoms with van der Waals surface area (Å²) in [5.74, 6) is 0.934. The van der Waals surface area contributed by atoms with Crippen LogP contribution in [0.2, 0.25) is 0 Å². The number of fused-ring (bicyclic) bond motifs is 1. The Hall–Kier alpha value is -1.88. The number of hydrogen-bond donors (Lipinski definition) is 1. The minimum Gasteiger partial charge on any atom is -0.496 e. The number of benzene rings is 1. The summed E-state index contributed by atoms with van der Waals surface area (Å²) in [6, 6.07) is 4.35. The van der Waals surface area contributed by atoms with Crippen LogP contribution in [0.25, 0.3) is 0 Å². The first-order chi connectivity index (χ1) is 13.1. The summed E-state index contributed by atoms with van der Waals surface area (Å²) in [5, 5.41) is 2.98. The van der Waals surface area contributed by atoms with Gasteiger partial charge in [-0.05, 0) is 81.8 Å². The summed E-state index contributed by atoms with van der Waals surface area (Å²) in [6.45, 7) is 1.85. The Morgan fingerprint density at radius 2 is 1.93 bits per heavy atom. The average Bonchev–Trinajstić information content (AvgIpc) is 3.10. The van der Waals surface area contributed by atoms with Gasteiger partial charge in [-0.25, -0.2) is 0 Å². The lowest BCUT2D eigenvalue weighted by molar-refractivity contribution is -0.121. The Balaban J connectivity index is 1.49. The number of amides is 1. The molecule has 5 nitrogen and oxygen atoms in total. The van der Waals surface area contributed by atoms with Gasteiger partial charge in [-0.15, -0.1) is 0 Å². The summed E-state index contributed by atoms with van der Waals surface area (Å²) < 4.78 is 5.46. The Labute approximate surface area is 162 Å². The summed E-state index contributed by atoms with van der Waals surface area (Å²) in [4.78, 5) is 27.2. The van der Waals surface area contributed by atoms with Crippen LogP contribution in [0.4, 0.5) is 0 Å². The van der Waals surface area contributed by atoms with Gasteiger partial charge in [-0.3, -0.25) is 9.59 Å². The molecule has 27 heavy (non-hydrogen) atoms. The average molecular weight is 373 g/mol. The number of ketones is 1. The van der Waals surface area contributed by atoms with E-state index in [0.29, 0.717) is 12.6 Å². The maximum absolute atomic E-state index is 12.7. The van der Waals surface area contributed by atoms with Crippen molar-refractivity contribution < 1.29 is 14.3 Å². The number of likely N-dealkylation sites (tertiary alicyclic amines) is 1. The summed E-state index contributed by atoms with van der Waals surface area (Å²) in [6.07, 6.45) is 8.13. The highest BCUT2D eigenvalue weighted by atomic mass is 16.5. The van der Waals surface area contributed by atoms with E-state index >= 15 is 0 Å². The lowest BCUT2D eigenvalue weighted by atomic mass is 9.85. The predicted molar refractivity (Wildman–Crippen MR) is 106 cm³/mol. The second-order valence-electron chi connectivity index (χ2n) is 7.82. The second-order valence-corrected chi connectivity index (χ2v) is 7.82. The van der Waals surface area contributed by atoms with Crippen LogP contribution in [0.15, 0.2) is 12.1 Å². The number of carbonyl (C=O) groups is 2. The van der Waals surface area contributed by atoms with Crippen LogP contribution in [0.5, 0.6) is 5.75 Å². The lowest BCUT2D eigenvalue weighted by Gasteiger charge is -2.21. The van der Waals surface area contributed by atoms with E-state index in [2.05, 4.69) is 17.3 Å². The summed E-state index contributed by atoms with van der Waals surface area (Å²) >= 11 is 0. The molecule has 0 saturated carbocycles. The van der Waals surface area contributed by atoms with Gasteiger partial charge in [-0.1, -0.05) is 0 Å². The van der Waals surface area contributed by atoms with E-state index in [1.54, 1.807) is 7.11 Å². The summed E-state index contributed by atoms with van der Waals surface area (Å²) in [5.41, 5.74) is 3.10. The third-order valence-corrected chi connectivity index (χ3v) is 6.06. The van der Waals surface area contributed by atoms with Crippen molar-refractivity contribution in [2.45, 2.75) is 63.8 Å². The number of hydrogen-bond acceptors (Lipinski definition) is 4. The van der Waals surface area contributed by atoms with E-state index < -0.39 is 0 Å². The molecule has 5 heteroatoms. The van der Waals surface area contributed by atoms with Crippen molar-refractivity contribution in [1.82, 2.24) is 10.2 Å². The molecular formula is C22H32N2O3. The van der Waals surface area contributed by atoms with E-state index in [4.69, 9.17) is 4.74 Å². The van der Waals surface area contributed by atoms with E-state index in [1.807, 2.05) is 12.1 Å². The van der Waals surface area contributed by atoms with Gasteiger partial charge in [-0.2, -0.15) is 0 Å². The molecule has 1 heterocycles. The van der Waals surface area contributed by atoms with Crippen molar-refractivity contribution in [2.24, 2.45) is 0 Å². The fraction of sp³-hybridized carbons (Fsp3) is 0.636. The maximum Gasteiger partial charge on any atom is 0.220 e. The maximum atomic E-state index is 12.7. The highest BCUT2D eigenvalue weighted by Gasteiger charge is 2.22. The molecule has 1 aliphatic heterocycles. The molecule has 0 aromatic heterocycles. The molecule has 3 rings (SSSR count). The number of nitrogens with one attached hydrogen (secondary N) is 1. The van der Waals surface area contributed by atoms with Crippen molar-refractivity contribution >= 4 is 11.7 Å². The van der Waals surface area contributed by atoms with Gasteiger partial charge in [0.15, 0.2) is 5.78 Å². The van der Waals surface area contributed by atoms with Gasteiger partial charge in [0, 0.05) is 31.0 Å². The fourth-order valence-electron chi connectivity index (χ4n) is 4.46. The molecule has 1 aromatic rings. The molecular weight excluding hydrogens is 340 g/mol. The van der Waals surface area contributed by atoms with Gasteiger partial charge in [0.2, 0.25) is 5.91 Å². The van der Waals surface area contributed by atoms with Crippen LogP contribution < -0.4 is 10.1 Å². The molecule has 0 bridgehead atoms. The van der Waals surface area contributed by atoms with Crippen LogP contribution in [0, 0.1) is 0 Å². The SMILES string of the molecule is COc1ccc(C(=O)CCC(=O)NCCC2CCCN2C)c2c1CCCC2. The molecule has 1 amide bonds. The van der Waals surface area contributed by atoms with E-state index in [0.717, 1.165) is 55.5 Å². The monoisotopic (exact) mass is 372 g/mol. The standard InChI is InChI=1S/C22H32N2O3/c1-24-15-5-6-16(24)13-14-23-22(26)12-10-20(25)18-9-11-21(27-2)19-8-4-3-7-17(18)19/h9,11,16H,3-8,10,12-15H2,1-2H3,(H,23,26). The van der Waals surface area contributed by atoms with Crippen molar-refractivity contribution in [3.63, 3.8) is 0 Å². The molecule has 1 saturated heterocycles. The largest absolute Gasteiger partial charge is 0.496 e. The molecule has 2 aliphatic rings. The third-order valence-electron chi connectivity index (χ3n) is 6.06. The van der Waals surface area contributed by atoms with Gasteiger partial charge >= 0.3 is 0 Å². The normalized spacial score (nSPS) is 19.6. The molecule has 1 aliphatic carbocycles. The van der Waals surface area contributed by atoms with Crippen LogP contribution in [-0.2, 0) is 17.6 Å². The van der Waals surface area contributed by atoms with Crippen LogP contribution in [0.1, 0.15) is 66.4 Å². The zero-order valence-electron chi connectivity index (χ0n) is 16.7. The second kappa shape index (κ2) is 9.36. The third kappa shape index (κ3) is 4.89. The summed E-state index contributed by atoms with van der Waals surface area (Å²) in [7, 11) is 3.83. The highest BCUT2D eigenvalue weighted by Crippen LogP contribution is 2.32. The van der Waals surface area contributed by atoms with Crippen LogP contribution >= 0.6 is 0 Å².